The van der Waals surface area contributed by atoms with Crippen LogP contribution >= 0.6 is 0 Å². The summed E-state index contributed by atoms with van der Waals surface area (Å²) in [6.45, 7) is 1.71. The maximum Gasteiger partial charge on any atom is 0.416 e. The Morgan fingerprint density at radius 3 is 1.95 bits per heavy atom. The molecule has 2 nitrogen and oxygen atoms in total. The summed E-state index contributed by atoms with van der Waals surface area (Å²) in [5, 5.41) is 0. The Kier molecular flexibility index (Phi) is 4.31. The highest BCUT2D eigenvalue weighted by molar-refractivity contribution is 6.00. The average molecular weight is 293 g/mol. The van der Waals surface area contributed by atoms with Crippen LogP contribution < -0.4 is 4.90 Å². The van der Waals surface area contributed by atoms with Gasteiger partial charge in [0.2, 0.25) is 5.91 Å². The van der Waals surface area contributed by atoms with E-state index in [1.807, 2.05) is 6.07 Å². The summed E-state index contributed by atoms with van der Waals surface area (Å²) in [5.41, 5.74) is 0.313. The van der Waals surface area contributed by atoms with E-state index in [0.717, 1.165) is 12.1 Å². The highest BCUT2D eigenvalue weighted by Crippen LogP contribution is 2.32. The number of halogens is 3. The zero-order valence-corrected chi connectivity index (χ0v) is 11.4. The van der Waals surface area contributed by atoms with Gasteiger partial charge in [-0.25, -0.2) is 0 Å². The van der Waals surface area contributed by atoms with Crippen molar-refractivity contribution >= 4 is 17.3 Å². The molecule has 0 aromatic heterocycles. The molecule has 0 saturated heterocycles. The summed E-state index contributed by atoms with van der Waals surface area (Å²) in [6.07, 6.45) is -4.12. The van der Waals surface area contributed by atoms with Gasteiger partial charge in [-0.2, -0.15) is 13.2 Å². The van der Waals surface area contributed by atoms with Gasteiger partial charge in [0.25, 0.3) is 0 Å². The van der Waals surface area contributed by atoms with Gasteiger partial charge in [-0.1, -0.05) is 25.1 Å². The Labute approximate surface area is 120 Å². The molecule has 0 aliphatic carbocycles. The van der Waals surface area contributed by atoms with Gasteiger partial charge in [0, 0.05) is 17.8 Å². The number of hydrogen-bond acceptors (Lipinski definition) is 1. The van der Waals surface area contributed by atoms with E-state index in [9.17, 15) is 18.0 Å². The number of amides is 1. The molecule has 0 N–H and O–H groups in total. The molecule has 0 saturated carbocycles. The van der Waals surface area contributed by atoms with E-state index in [2.05, 4.69) is 0 Å². The highest BCUT2D eigenvalue weighted by Gasteiger charge is 2.30. The number of rotatable bonds is 3. The molecule has 0 aliphatic rings. The lowest BCUT2D eigenvalue weighted by molar-refractivity contribution is -0.137. The largest absolute Gasteiger partial charge is 0.416 e. The fourth-order valence-corrected chi connectivity index (χ4v) is 1.97. The maximum absolute atomic E-state index is 12.6. The van der Waals surface area contributed by atoms with Gasteiger partial charge < -0.3 is 0 Å². The topological polar surface area (TPSA) is 20.3 Å². The molecule has 0 bridgehead atoms. The summed E-state index contributed by atoms with van der Waals surface area (Å²) in [6, 6.07) is 13.4. The minimum absolute atomic E-state index is 0.180. The van der Waals surface area contributed by atoms with Crippen LogP contribution in [0, 0.1) is 0 Å². The Balaban J connectivity index is 2.41. The first-order valence-electron chi connectivity index (χ1n) is 6.48. The number of para-hydroxylation sites is 1. The predicted octanol–water partition coefficient (Wildman–Crippen LogP) is 4.78. The molecule has 2 rings (SSSR count). The van der Waals surface area contributed by atoms with Crippen molar-refractivity contribution in [3.8, 4) is 0 Å². The molecule has 110 valence electrons. The standard InChI is InChI=1S/C16H14F3NO/c1-2-15(21)20(13-6-4-3-5-7-13)14-10-8-12(9-11-14)16(17,18)19/h3-11H,2H2,1H3. The quantitative estimate of drug-likeness (QED) is 0.797. The first-order chi connectivity index (χ1) is 9.93. The highest BCUT2D eigenvalue weighted by atomic mass is 19.4. The number of carbonyl (C=O) groups is 1. The second-order valence-electron chi connectivity index (χ2n) is 4.46. The van der Waals surface area contributed by atoms with E-state index in [4.69, 9.17) is 0 Å². The van der Waals surface area contributed by atoms with E-state index >= 15 is 0 Å². The van der Waals surface area contributed by atoms with Crippen LogP contribution in [0.4, 0.5) is 24.5 Å². The third kappa shape index (κ3) is 3.42. The van der Waals surface area contributed by atoms with Crippen molar-refractivity contribution in [1.29, 1.82) is 0 Å². The molecule has 2 aromatic carbocycles. The number of benzene rings is 2. The molecule has 1 amide bonds. The summed E-state index contributed by atoms with van der Waals surface area (Å²) in [5.74, 6) is -0.180. The van der Waals surface area contributed by atoms with Crippen LogP contribution in [-0.2, 0) is 11.0 Å². The van der Waals surface area contributed by atoms with Gasteiger partial charge in [0.05, 0.1) is 5.56 Å². The molecule has 2 aromatic rings. The van der Waals surface area contributed by atoms with Crippen LogP contribution in [0.15, 0.2) is 54.6 Å². The van der Waals surface area contributed by atoms with Crippen LogP contribution in [-0.4, -0.2) is 5.91 Å². The Hall–Kier alpha value is -2.30. The number of alkyl halides is 3. The van der Waals surface area contributed by atoms with Gasteiger partial charge in [0.1, 0.15) is 0 Å². The van der Waals surface area contributed by atoms with Crippen molar-refractivity contribution in [3.05, 3.63) is 60.2 Å². The van der Waals surface area contributed by atoms with E-state index in [0.29, 0.717) is 11.4 Å². The van der Waals surface area contributed by atoms with E-state index in [1.54, 1.807) is 31.2 Å². The van der Waals surface area contributed by atoms with E-state index in [1.165, 1.54) is 17.0 Å². The first-order valence-corrected chi connectivity index (χ1v) is 6.48. The minimum atomic E-state index is -4.38. The summed E-state index contributed by atoms with van der Waals surface area (Å²) < 4.78 is 37.8. The zero-order valence-electron chi connectivity index (χ0n) is 11.4. The summed E-state index contributed by atoms with van der Waals surface area (Å²) in [7, 11) is 0. The monoisotopic (exact) mass is 293 g/mol. The molecule has 0 heterocycles. The number of carbonyl (C=O) groups excluding carboxylic acids is 1. The van der Waals surface area contributed by atoms with E-state index in [-0.39, 0.29) is 12.3 Å². The number of hydrogen-bond donors (Lipinski definition) is 0. The normalized spacial score (nSPS) is 11.2. The Morgan fingerprint density at radius 1 is 0.952 bits per heavy atom. The molecule has 0 unspecified atom stereocenters. The van der Waals surface area contributed by atoms with Gasteiger partial charge in [0.15, 0.2) is 0 Å². The zero-order chi connectivity index (χ0) is 15.5. The van der Waals surface area contributed by atoms with Crippen molar-refractivity contribution in [2.45, 2.75) is 19.5 Å². The predicted molar refractivity (Wildman–Crippen MR) is 75.3 cm³/mol. The third-order valence-corrected chi connectivity index (χ3v) is 3.02. The molecular weight excluding hydrogens is 279 g/mol. The van der Waals surface area contributed by atoms with Gasteiger partial charge in [-0.15, -0.1) is 0 Å². The maximum atomic E-state index is 12.6. The van der Waals surface area contributed by atoms with E-state index < -0.39 is 11.7 Å². The van der Waals surface area contributed by atoms with Crippen molar-refractivity contribution < 1.29 is 18.0 Å². The molecule has 0 aliphatic heterocycles. The van der Waals surface area contributed by atoms with Crippen LogP contribution in [0.5, 0.6) is 0 Å². The number of nitrogens with zero attached hydrogens (tertiary/aromatic N) is 1. The molecule has 0 atom stereocenters. The Morgan fingerprint density at radius 2 is 1.48 bits per heavy atom. The smallest absolute Gasteiger partial charge is 0.281 e. The number of anilines is 2. The SMILES string of the molecule is CCC(=O)N(c1ccccc1)c1ccc(C(F)(F)F)cc1. The van der Waals surface area contributed by atoms with Gasteiger partial charge >= 0.3 is 6.18 Å². The molecular formula is C16H14F3NO. The van der Waals surface area contributed by atoms with Crippen molar-refractivity contribution in [2.75, 3.05) is 4.90 Å². The van der Waals surface area contributed by atoms with Crippen molar-refractivity contribution in [1.82, 2.24) is 0 Å². The summed E-state index contributed by atoms with van der Waals surface area (Å²) >= 11 is 0. The summed E-state index contributed by atoms with van der Waals surface area (Å²) in [4.78, 5) is 13.5. The fraction of sp³-hybridized carbons (Fsp3) is 0.188. The lowest BCUT2D eigenvalue weighted by Crippen LogP contribution is -2.24. The van der Waals surface area contributed by atoms with Crippen LogP contribution in [0.2, 0.25) is 0 Å². The van der Waals surface area contributed by atoms with Crippen molar-refractivity contribution in [2.24, 2.45) is 0 Å². The molecule has 0 fully saturated rings. The van der Waals surface area contributed by atoms with Crippen LogP contribution in [0.3, 0.4) is 0 Å². The second kappa shape index (κ2) is 5.99. The second-order valence-corrected chi connectivity index (χ2v) is 4.46. The van der Waals surface area contributed by atoms with Crippen LogP contribution in [0.25, 0.3) is 0 Å². The molecule has 5 heteroatoms. The average Bonchev–Trinajstić information content (AvgIpc) is 2.48. The van der Waals surface area contributed by atoms with Crippen molar-refractivity contribution in [3.63, 3.8) is 0 Å². The van der Waals surface area contributed by atoms with Gasteiger partial charge in [-0.05, 0) is 36.4 Å². The van der Waals surface area contributed by atoms with Gasteiger partial charge in [-0.3, -0.25) is 9.69 Å². The Bertz CT molecular complexity index is 606. The third-order valence-electron chi connectivity index (χ3n) is 3.02. The van der Waals surface area contributed by atoms with Crippen LogP contribution in [0.1, 0.15) is 18.9 Å². The minimum Gasteiger partial charge on any atom is -0.281 e. The molecule has 0 spiro atoms. The molecule has 21 heavy (non-hydrogen) atoms. The molecule has 0 radical (unpaired) electrons. The fourth-order valence-electron chi connectivity index (χ4n) is 1.97. The first kappa shape index (κ1) is 15.1. The lowest BCUT2D eigenvalue weighted by Gasteiger charge is -2.23. The lowest BCUT2D eigenvalue weighted by atomic mass is 10.1.